The second kappa shape index (κ2) is 5.03. The summed E-state index contributed by atoms with van der Waals surface area (Å²) in [7, 11) is 4.35. The molecule has 0 aromatic rings. The van der Waals surface area contributed by atoms with Crippen LogP contribution in [0.4, 0.5) is 0 Å². The van der Waals surface area contributed by atoms with E-state index in [1.807, 2.05) is 0 Å². The van der Waals surface area contributed by atoms with Crippen molar-refractivity contribution in [1.29, 1.82) is 0 Å². The third kappa shape index (κ3) is 2.96. The Bertz CT molecular complexity index is 223. The molecule has 0 radical (unpaired) electrons. The zero-order chi connectivity index (χ0) is 11.6. The zero-order valence-electron chi connectivity index (χ0n) is 10.9. The lowest BCUT2D eigenvalue weighted by molar-refractivity contribution is 0.158. The van der Waals surface area contributed by atoms with Crippen LogP contribution in [0.25, 0.3) is 0 Å². The Balaban J connectivity index is 1.75. The number of nitrogens with zero attached hydrogens (tertiary/aromatic N) is 2. The zero-order valence-corrected chi connectivity index (χ0v) is 10.9. The highest BCUT2D eigenvalue weighted by molar-refractivity contribution is 4.94. The van der Waals surface area contributed by atoms with Crippen LogP contribution < -0.4 is 5.73 Å². The summed E-state index contributed by atoms with van der Waals surface area (Å²) in [4.78, 5) is 4.97. The van der Waals surface area contributed by atoms with Gasteiger partial charge in [0, 0.05) is 24.7 Å². The van der Waals surface area contributed by atoms with Gasteiger partial charge in [0.1, 0.15) is 0 Å². The van der Waals surface area contributed by atoms with Crippen LogP contribution in [0.1, 0.15) is 38.5 Å². The maximum Gasteiger partial charge on any atom is 0.0223 e. The summed E-state index contributed by atoms with van der Waals surface area (Å²) >= 11 is 0. The first kappa shape index (κ1) is 12.3. The highest BCUT2D eigenvalue weighted by Crippen LogP contribution is 2.33. The number of hydrogen-bond acceptors (Lipinski definition) is 3. The van der Waals surface area contributed by atoms with Crippen LogP contribution in [0.5, 0.6) is 0 Å². The van der Waals surface area contributed by atoms with E-state index in [4.69, 9.17) is 5.73 Å². The Morgan fingerprint density at radius 2 is 2.06 bits per heavy atom. The van der Waals surface area contributed by atoms with Crippen LogP contribution >= 0.6 is 0 Å². The van der Waals surface area contributed by atoms with Crippen LogP contribution in [0.15, 0.2) is 0 Å². The Labute approximate surface area is 100.0 Å². The second-order valence-electron chi connectivity index (χ2n) is 6.06. The highest BCUT2D eigenvalue weighted by Gasteiger charge is 2.34. The summed E-state index contributed by atoms with van der Waals surface area (Å²) in [6.07, 6.45) is 7.79. The molecule has 1 heterocycles. The van der Waals surface area contributed by atoms with Gasteiger partial charge in [0.05, 0.1) is 0 Å². The van der Waals surface area contributed by atoms with Crippen LogP contribution in [-0.2, 0) is 0 Å². The Kier molecular flexibility index (Phi) is 3.88. The first-order chi connectivity index (χ1) is 7.59. The number of rotatable bonds is 5. The molecule has 0 aromatic heterocycles. The van der Waals surface area contributed by atoms with Gasteiger partial charge in [-0.1, -0.05) is 0 Å². The molecular formula is C13H27N3. The largest absolute Gasteiger partial charge is 0.325 e. The van der Waals surface area contributed by atoms with Gasteiger partial charge in [-0.25, -0.2) is 0 Å². The Morgan fingerprint density at radius 3 is 2.62 bits per heavy atom. The molecule has 2 fully saturated rings. The molecule has 2 aliphatic rings. The molecule has 1 atom stereocenters. The number of nitrogens with two attached hydrogens (primary N) is 1. The normalized spacial score (nSPS) is 29.6. The van der Waals surface area contributed by atoms with Crippen molar-refractivity contribution in [3.05, 3.63) is 0 Å². The summed E-state index contributed by atoms with van der Waals surface area (Å²) in [6.45, 7) is 3.71. The SMILES string of the molecule is CN(C)CC1CCCN1CCC1(N)CCC1. The minimum absolute atomic E-state index is 0.200. The fourth-order valence-electron chi connectivity index (χ4n) is 3.06. The van der Waals surface area contributed by atoms with E-state index in [1.54, 1.807) is 0 Å². The van der Waals surface area contributed by atoms with Gasteiger partial charge in [-0.2, -0.15) is 0 Å². The van der Waals surface area contributed by atoms with Crippen molar-refractivity contribution in [1.82, 2.24) is 9.80 Å². The van der Waals surface area contributed by atoms with E-state index in [0.717, 1.165) is 6.04 Å². The standard InChI is InChI=1S/C13H27N3/c1-15(2)11-12-5-3-9-16(12)10-8-13(14)6-4-7-13/h12H,3-11,14H2,1-2H3. The summed E-state index contributed by atoms with van der Waals surface area (Å²) < 4.78 is 0. The smallest absolute Gasteiger partial charge is 0.0223 e. The molecule has 3 heteroatoms. The van der Waals surface area contributed by atoms with Crippen molar-refractivity contribution < 1.29 is 0 Å². The lowest BCUT2D eigenvalue weighted by Gasteiger charge is -2.40. The number of likely N-dealkylation sites (tertiary alicyclic amines) is 1. The van der Waals surface area contributed by atoms with Crippen LogP contribution in [-0.4, -0.2) is 55.1 Å². The van der Waals surface area contributed by atoms with Gasteiger partial charge in [0.15, 0.2) is 0 Å². The van der Waals surface area contributed by atoms with E-state index in [1.165, 1.54) is 58.2 Å². The predicted octanol–water partition coefficient (Wildman–Crippen LogP) is 1.28. The van der Waals surface area contributed by atoms with E-state index in [-0.39, 0.29) is 5.54 Å². The average molecular weight is 225 g/mol. The third-order valence-corrected chi connectivity index (χ3v) is 4.32. The first-order valence-electron chi connectivity index (χ1n) is 6.77. The lowest BCUT2D eigenvalue weighted by Crippen LogP contribution is -2.49. The summed E-state index contributed by atoms with van der Waals surface area (Å²) in [5.41, 5.74) is 6.49. The van der Waals surface area contributed by atoms with E-state index in [9.17, 15) is 0 Å². The molecule has 16 heavy (non-hydrogen) atoms. The van der Waals surface area contributed by atoms with Crippen molar-refractivity contribution in [2.24, 2.45) is 5.73 Å². The maximum atomic E-state index is 6.29. The van der Waals surface area contributed by atoms with E-state index in [2.05, 4.69) is 23.9 Å². The molecule has 3 nitrogen and oxygen atoms in total. The van der Waals surface area contributed by atoms with Gasteiger partial charge in [-0.05, 0) is 59.2 Å². The monoisotopic (exact) mass is 225 g/mol. The second-order valence-corrected chi connectivity index (χ2v) is 6.06. The van der Waals surface area contributed by atoms with E-state index < -0.39 is 0 Å². The molecular weight excluding hydrogens is 198 g/mol. The van der Waals surface area contributed by atoms with Gasteiger partial charge in [-0.15, -0.1) is 0 Å². The fraction of sp³-hybridized carbons (Fsp3) is 1.00. The molecule has 94 valence electrons. The molecule has 1 saturated heterocycles. The van der Waals surface area contributed by atoms with Crippen molar-refractivity contribution in [3.8, 4) is 0 Å². The van der Waals surface area contributed by atoms with Gasteiger partial charge in [0.2, 0.25) is 0 Å². The van der Waals surface area contributed by atoms with Gasteiger partial charge < -0.3 is 10.6 Å². The van der Waals surface area contributed by atoms with Crippen molar-refractivity contribution in [2.45, 2.75) is 50.1 Å². The van der Waals surface area contributed by atoms with Crippen LogP contribution in [0.2, 0.25) is 0 Å². The molecule has 0 amide bonds. The van der Waals surface area contributed by atoms with E-state index >= 15 is 0 Å². The van der Waals surface area contributed by atoms with Gasteiger partial charge in [0.25, 0.3) is 0 Å². The summed E-state index contributed by atoms with van der Waals surface area (Å²) in [5, 5.41) is 0. The molecule has 0 aromatic carbocycles. The highest BCUT2D eigenvalue weighted by atomic mass is 15.2. The Morgan fingerprint density at radius 1 is 1.31 bits per heavy atom. The lowest BCUT2D eigenvalue weighted by atomic mass is 9.75. The van der Waals surface area contributed by atoms with Crippen molar-refractivity contribution in [3.63, 3.8) is 0 Å². The quantitative estimate of drug-likeness (QED) is 0.765. The Hall–Kier alpha value is -0.120. The molecule has 1 unspecified atom stereocenters. The average Bonchev–Trinajstić information content (AvgIpc) is 2.58. The summed E-state index contributed by atoms with van der Waals surface area (Å²) in [5.74, 6) is 0. The minimum atomic E-state index is 0.200. The van der Waals surface area contributed by atoms with E-state index in [0.29, 0.717) is 0 Å². The van der Waals surface area contributed by atoms with Crippen LogP contribution in [0.3, 0.4) is 0 Å². The third-order valence-electron chi connectivity index (χ3n) is 4.32. The number of hydrogen-bond donors (Lipinski definition) is 1. The first-order valence-corrected chi connectivity index (χ1v) is 6.77. The van der Waals surface area contributed by atoms with Gasteiger partial charge in [-0.3, -0.25) is 4.90 Å². The molecule has 2 rings (SSSR count). The topological polar surface area (TPSA) is 32.5 Å². The number of likely N-dealkylation sites (N-methyl/N-ethyl adjacent to an activating group) is 1. The molecule has 1 aliphatic heterocycles. The molecule has 0 bridgehead atoms. The van der Waals surface area contributed by atoms with Crippen molar-refractivity contribution >= 4 is 0 Å². The van der Waals surface area contributed by atoms with Crippen molar-refractivity contribution in [2.75, 3.05) is 33.7 Å². The predicted molar refractivity (Wildman–Crippen MR) is 68.5 cm³/mol. The molecule has 2 N–H and O–H groups in total. The molecule has 1 saturated carbocycles. The summed E-state index contributed by atoms with van der Waals surface area (Å²) in [6, 6.07) is 0.777. The molecule has 0 spiro atoms. The van der Waals surface area contributed by atoms with Crippen LogP contribution in [0, 0.1) is 0 Å². The maximum absolute atomic E-state index is 6.29. The van der Waals surface area contributed by atoms with Gasteiger partial charge >= 0.3 is 0 Å². The molecule has 1 aliphatic carbocycles. The minimum Gasteiger partial charge on any atom is -0.325 e. The fourth-order valence-corrected chi connectivity index (χ4v) is 3.06.